The number of fused-ring (bicyclic) bond motifs is 1. The van der Waals surface area contributed by atoms with Crippen LogP contribution in [0.1, 0.15) is 5.01 Å². The average Bonchev–Trinajstić information content (AvgIpc) is 2.21. The molecule has 0 saturated carbocycles. The monoisotopic (exact) mass is 189 g/mol. The second kappa shape index (κ2) is 2.19. The first-order valence-corrected chi connectivity index (χ1v) is 4.79. The van der Waals surface area contributed by atoms with Gasteiger partial charge in [0, 0.05) is 0 Å². The van der Waals surface area contributed by atoms with E-state index in [9.17, 15) is 0 Å². The summed E-state index contributed by atoms with van der Waals surface area (Å²) >= 11 is 9.05. The maximum atomic E-state index is 5.76. The summed E-state index contributed by atoms with van der Waals surface area (Å²) in [6, 6.07) is 1.91. The highest BCUT2D eigenvalue weighted by molar-refractivity contribution is 7.39. The van der Waals surface area contributed by atoms with Gasteiger partial charge in [-0.25, -0.2) is 4.98 Å². The second-order valence-electron chi connectivity index (χ2n) is 1.96. The third-order valence-electron chi connectivity index (χ3n) is 1.17. The molecule has 52 valence electrons. The molecule has 0 atom stereocenters. The van der Waals surface area contributed by atoms with E-state index in [0.717, 1.165) is 14.9 Å². The number of aryl methyl sites for hydroxylation is 1. The minimum absolute atomic E-state index is 0.828. The van der Waals surface area contributed by atoms with Gasteiger partial charge in [0.05, 0.1) is 14.9 Å². The highest BCUT2D eigenvalue weighted by atomic mass is 35.5. The Hall–Kier alpha value is -0.120. The van der Waals surface area contributed by atoms with Crippen LogP contribution in [0.25, 0.3) is 9.53 Å². The van der Waals surface area contributed by atoms with Gasteiger partial charge in [-0.2, -0.15) is 0 Å². The summed E-state index contributed by atoms with van der Waals surface area (Å²) in [5.41, 5.74) is 1.04. The lowest BCUT2D eigenvalue weighted by atomic mass is 10.6. The summed E-state index contributed by atoms with van der Waals surface area (Å²) in [5.74, 6) is 0. The quantitative estimate of drug-likeness (QED) is 0.620. The zero-order valence-electron chi connectivity index (χ0n) is 5.22. The molecule has 0 spiro atoms. The fourth-order valence-electron chi connectivity index (χ4n) is 0.814. The van der Waals surface area contributed by atoms with Crippen molar-refractivity contribution in [2.45, 2.75) is 6.92 Å². The Morgan fingerprint density at radius 1 is 1.50 bits per heavy atom. The van der Waals surface area contributed by atoms with Crippen molar-refractivity contribution >= 4 is 43.8 Å². The van der Waals surface area contributed by atoms with Crippen LogP contribution < -0.4 is 0 Å². The van der Waals surface area contributed by atoms with Crippen molar-refractivity contribution in [3.05, 3.63) is 15.4 Å². The normalized spacial score (nSPS) is 11.0. The molecule has 2 rings (SSSR count). The Labute approximate surface area is 71.3 Å². The molecule has 0 aliphatic rings. The highest BCUT2D eigenvalue weighted by Crippen LogP contribution is 2.32. The fourth-order valence-corrected chi connectivity index (χ4v) is 3.26. The Morgan fingerprint density at radius 3 is 3.00 bits per heavy atom. The van der Waals surface area contributed by atoms with Gasteiger partial charge in [-0.1, -0.05) is 11.6 Å². The van der Waals surface area contributed by atoms with E-state index >= 15 is 0 Å². The number of thiophene rings is 1. The molecule has 0 N–H and O–H groups in total. The van der Waals surface area contributed by atoms with Crippen LogP contribution in [0.2, 0.25) is 4.34 Å². The van der Waals surface area contributed by atoms with E-state index in [4.69, 9.17) is 11.6 Å². The molecule has 0 aliphatic carbocycles. The van der Waals surface area contributed by atoms with E-state index in [-0.39, 0.29) is 0 Å². The molecule has 2 aromatic heterocycles. The van der Waals surface area contributed by atoms with E-state index in [2.05, 4.69) is 4.98 Å². The minimum atomic E-state index is 0.828. The molecule has 0 fully saturated rings. The van der Waals surface area contributed by atoms with Crippen LogP contribution in [0, 0.1) is 6.92 Å². The molecule has 0 amide bonds. The van der Waals surface area contributed by atoms with Crippen molar-refractivity contribution in [1.29, 1.82) is 0 Å². The van der Waals surface area contributed by atoms with Crippen LogP contribution >= 0.6 is 34.3 Å². The molecule has 1 nitrogen and oxygen atoms in total. The van der Waals surface area contributed by atoms with Crippen LogP contribution in [-0.4, -0.2) is 4.98 Å². The summed E-state index contributed by atoms with van der Waals surface area (Å²) < 4.78 is 2.05. The van der Waals surface area contributed by atoms with Gasteiger partial charge >= 0.3 is 0 Å². The number of aromatic nitrogens is 1. The number of rotatable bonds is 0. The molecular formula is C6H4ClNS2. The number of thiazole rings is 1. The van der Waals surface area contributed by atoms with Crippen molar-refractivity contribution in [3.8, 4) is 0 Å². The van der Waals surface area contributed by atoms with Crippen LogP contribution in [0.3, 0.4) is 0 Å². The maximum Gasteiger partial charge on any atom is 0.108 e. The van der Waals surface area contributed by atoms with Crippen molar-refractivity contribution in [3.63, 3.8) is 0 Å². The first-order valence-electron chi connectivity index (χ1n) is 2.78. The van der Waals surface area contributed by atoms with E-state index in [0.29, 0.717) is 0 Å². The van der Waals surface area contributed by atoms with Gasteiger partial charge in [0.25, 0.3) is 0 Å². The molecule has 0 unspecified atom stereocenters. The first-order chi connectivity index (χ1) is 4.75. The topological polar surface area (TPSA) is 12.9 Å². The molecule has 0 saturated heterocycles. The molecular weight excluding hydrogens is 186 g/mol. The summed E-state index contributed by atoms with van der Waals surface area (Å²) in [5, 5.41) is 1.11. The Bertz CT molecular complexity index is 300. The van der Waals surface area contributed by atoms with E-state index in [1.165, 1.54) is 4.01 Å². The lowest BCUT2D eigenvalue weighted by Gasteiger charge is -1.72. The maximum absolute atomic E-state index is 5.76. The summed E-state index contributed by atoms with van der Waals surface area (Å²) in [6.07, 6.45) is 0. The summed E-state index contributed by atoms with van der Waals surface area (Å²) in [4.78, 5) is 4.28. The SMILES string of the molecule is Cc1nc2cc(Cl)sc2s1. The van der Waals surface area contributed by atoms with Crippen LogP contribution in [0.15, 0.2) is 6.07 Å². The molecule has 0 radical (unpaired) electrons. The zero-order chi connectivity index (χ0) is 7.14. The van der Waals surface area contributed by atoms with Crippen LogP contribution in [0.5, 0.6) is 0 Å². The summed E-state index contributed by atoms with van der Waals surface area (Å²) in [6.45, 7) is 2.01. The van der Waals surface area contributed by atoms with Crippen LogP contribution in [-0.2, 0) is 0 Å². The Kier molecular flexibility index (Phi) is 1.44. The Balaban J connectivity index is 2.83. The zero-order valence-corrected chi connectivity index (χ0v) is 7.61. The van der Waals surface area contributed by atoms with E-state index in [1.54, 1.807) is 22.7 Å². The third-order valence-corrected chi connectivity index (χ3v) is 3.50. The molecule has 10 heavy (non-hydrogen) atoms. The lowest BCUT2D eigenvalue weighted by Crippen LogP contribution is -1.61. The highest BCUT2D eigenvalue weighted by Gasteiger charge is 2.03. The number of halogens is 1. The lowest BCUT2D eigenvalue weighted by molar-refractivity contribution is 1.35. The number of hydrogen-bond donors (Lipinski definition) is 0. The molecule has 0 bridgehead atoms. The van der Waals surface area contributed by atoms with Crippen molar-refractivity contribution in [1.82, 2.24) is 4.98 Å². The predicted octanol–water partition coefficient (Wildman–Crippen LogP) is 3.32. The van der Waals surface area contributed by atoms with E-state index in [1.807, 2.05) is 13.0 Å². The molecule has 0 aliphatic heterocycles. The molecule has 2 aromatic rings. The molecule has 0 aromatic carbocycles. The van der Waals surface area contributed by atoms with Gasteiger partial charge in [0.1, 0.15) is 4.01 Å². The van der Waals surface area contributed by atoms with Crippen molar-refractivity contribution < 1.29 is 0 Å². The second-order valence-corrected chi connectivity index (χ2v) is 5.10. The number of nitrogens with zero attached hydrogens (tertiary/aromatic N) is 1. The molecule has 4 heteroatoms. The van der Waals surface area contributed by atoms with Crippen LogP contribution in [0.4, 0.5) is 0 Å². The standard InChI is InChI=1S/C6H4ClNS2/c1-3-8-4-2-5(7)10-6(4)9-3/h2H,1H3. The first kappa shape index (κ1) is 6.58. The van der Waals surface area contributed by atoms with Crippen molar-refractivity contribution in [2.75, 3.05) is 0 Å². The summed E-state index contributed by atoms with van der Waals surface area (Å²) in [7, 11) is 0. The average molecular weight is 190 g/mol. The van der Waals surface area contributed by atoms with E-state index < -0.39 is 0 Å². The van der Waals surface area contributed by atoms with Crippen molar-refractivity contribution in [2.24, 2.45) is 0 Å². The third kappa shape index (κ3) is 0.944. The number of hydrogen-bond acceptors (Lipinski definition) is 3. The Morgan fingerprint density at radius 2 is 2.30 bits per heavy atom. The van der Waals surface area contributed by atoms with Gasteiger partial charge in [0.15, 0.2) is 0 Å². The van der Waals surface area contributed by atoms with Gasteiger partial charge in [-0.15, -0.1) is 22.7 Å². The minimum Gasteiger partial charge on any atom is -0.241 e. The predicted molar refractivity (Wildman–Crippen MR) is 47.2 cm³/mol. The van der Waals surface area contributed by atoms with Gasteiger partial charge in [-0.3, -0.25) is 0 Å². The fraction of sp³-hybridized carbons (Fsp3) is 0.167. The molecule has 2 heterocycles. The van der Waals surface area contributed by atoms with Gasteiger partial charge in [0.2, 0.25) is 0 Å². The van der Waals surface area contributed by atoms with Gasteiger partial charge in [-0.05, 0) is 13.0 Å². The largest absolute Gasteiger partial charge is 0.241 e. The van der Waals surface area contributed by atoms with Gasteiger partial charge < -0.3 is 0 Å². The smallest absolute Gasteiger partial charge is 0.108 e.